The summed E-state index contributed by atoms with van der Waals surface area (Å²) >= 11 is 5.99. The summed E-state index contributed by atoms with van der Waals surface area (Å²) in [4.78, 5) is 28.1. The second-order valence-electron chi connectivity index (χ2n) is 9.31. The molecule has 38 heavy (non-hydrogen) atoms. The summed E-state index contributed by atoms with van der Waals surface area (Å²) in [5, 5.41) is 3.16. The number of carbonyl (C=O) groups excluding carboxylic acids is 2. The number of amides is 2. The summed E-state index contributed by atoms with van der Waals surface area (Å²) in [5.74, 6) is -0.814. The van der Waals surface area contributed by atoms with Crippen molar-refractivity contribution in [2.75, 3.05) is 17.4 Å². The van der Waals surface area contributed by atoms with Crippen LogP contribution in [0.5, 0.6) is 0 Å². The van der Waals surface area contributed by atoms with Crippen molar-refractivity contribution >= 4 is 39.1 Å². The zero-order valence-electron chi connectivity index (χ0n) is 22.4. The van der Waals surface area contributed by atoms with Gasteiger partial charge in [0.25, 0.3) is 10.0 Å². The van der Waals surface area contributed by atoms with Crippen LogP contribution in [0.3, 0.4) is 0 Å². The Morgan fingerprint density at radius 1 is 0.921 bits per heavy atom. The molecular formula is C29H34ClN3O4S. The molecule has 0 fully saturated rings. The molecule has 0 aliphatic heterocycles. The van der Waals surface area contributed by atoms with E-state index in [2.05, 4.69) is 5.32 Å². The second kappa shape index (κ2) is 12.5. The first-order chi connectivity index (χ1) is 17.9. The summed E-state index contributed by atoms with van der Waals surface area (Å²) < 4.78 is 28.8. The lowest BCUT2D eigenvalue weighted by Gasteiger charge is -2.32. The predicted octanol–water partition coefficient (Wildman–Crippen LogP) is 5.01. The Morgan fingerprint density at radius 3 is 2.13 bits per heavy atom. The molecule has 1 N–H and O–H groups in total. The molecule has 3 aromatic rings. The Kier molecular flexibility index (Phi) is 9.57. The van der Waals surface area contributed by atoms with Crippen LogP contribution in [0.4, 0.5) is 5.69 Å². The Labute approximate surface area is 230 Å². The average Bonchev–Trinajstić information content (AvgIpc) is 2.88. The van der Waals surface area contributed by atoms with Crippen LogP contribution in [0.25, 0.3) is 0 Å². The van der Waals surface area contributed by atoms with Gasteiger partial charge in [0, 0.05) is 18.1 Å². The van der Waals surface area contributed by atoms with Gasteiger partial charge in [-0.2, -0.15) is 0 Å². The van der Waals surface area contributed by atoms with Crippen molar-refractivity contribution in [2.24, 2.45) is 0 Å². The monoisotopic (exact) mass is 555 g/mol. The summed E-state index contributed by atoms with van der Waals surface area (Å²) in [5.41, 5.74) is 4.14. The fourth-order valence-electron chi connectivity index (χ4n) is 3.94. The first-order valence-electron chi connectivity index (χ1n) is 12.4. The number of sulfonamides is 1. The molecule has 0 saturated carbocycles. The Morgan fingerprint density at radius 2 is 1.55 bits per heavy atom. The van der Waals surface area contributed by atoms with Gasteiger partial charge in [-0.3, -0.25) is 13.9 Å². The number of hydrogen-bond donors (Lipinski definition) is 1. The Balaban J connectivity index is 2.05. The highest BCUT2D eigenvalue weighted by molar-refractivity contribution is 7.92. The number of likely N-dealkylation sites (N-methyl/N-ethyl adjacent to an activating group) is 1. The quantitative estimate of drug-likeness (QED) is 0.381. The van der Waals surface area contributed by atoms with Crippen LogP contribution < -0.4 is 9.62 Å². The van der Waals surface area contributed by atoms with E-state index in [1.165, 1.54) is 29.2 Å². The molecule has 0 spiro atoms. The minimum absolute atomic E-state index is 0.00906. The van der Waals surface area contributed by atoms with E-state index in [-0.39, 0.29) is 17.3 Å². The van der Waals surface area contributed by atoms with E-state index in [0.29, 0.717) is 17.3 Å². The molecule has 2 amide bonds. The zero-order chi connectivity index (χ0) is 28.0. The normalized spacial score (nSPS) is 12.1. The molecule has 0 radical (unpaired) electrons. The standard InChI is InChI=1S/C29H34ClN3O4S/c1-6-31-29(35)23(5)32(18-24-10-7-20(2)8-11-24)28(34)19-33(26-14-9-21(3)22(4)17-26)38(36,37)27-15-12-25(30)13-16-27/h7-17,23H,6,18-19H2,1-5H3,(H,31,35). The molecule has 0 saturated heterocycles. The molecule has 0 bridgehead atoms. The molecule has 9 heteroatoms. The SMILES string of the molecule is CCNC(=O)C(C)N(Cc1ccc(C)cc1)C(=O)CN(c1ccc(C)c(C)c1)S(=O)(=O)c1ccc(Cl)cc1. The molecule has 3 aromatic carbocycles. The van der Waals surface area contributed by atoms with Crippen molar-refractivity contribution in [1.29, 1.82) is 0 Å². The molecule has 1 unspecified atom stereocenters. The van der Waals surface area contributed by atoms with E-state index >= 15 is 0 Å². The van der Waals surface area contributed by atoms with Crippen LogP contribution in [-0.4, -0.2) is 44.3 Å². The third kappa shape index (κ3) is 6.94. The zero-order valence-corrected chi connectivity index (χ0v) is 23.9. The van der Waals surface area contributed by atoms with Crippen LogP contribution in [-0.2, 0) is 26.2 Å². The van der Waals surface area contributed by atoms with Crippen molar-refractivity contribution in [3.8, 4) is 0 Å². The Bertz CT molecular complexity index is 1390. The van der Waals surface area contributed by atoms with Crippen molar-refractivity contribution in [3.63, 3.8) is 0 Å². The maximum atomic E-state index is 13.9. The molecular weight excluding hydrogens is 522 g/mol. The maximum absolute atomic E-state index is 13.9. The van der Waals surface area contributed by atoms with Gasteiger partial charge in [-0.1, -0.05) is 47.5 Å². The molecule has 7 nitrogen and oxygen atoms in total. The highest BCUT2D eigenvalue weighted by Crippen LogP contribution is 2.27. The number of halogens is 1. The second-order valence-corrected chi connectivity index (χ2v) is 11.6. The Hall–Kier alpha value is -3.36. The van der Waals surface area contributed by atoms with Crippen molar-refractivity contribution in [3.05, 3.63) is 94.0 Å². The smallest absolute Gasteiger partial charge is 0.264 e. The molecule has 0 aromatic heterocycles. The van der Waals surface area contributed by atoms with Crippen LogP contribution in [0.2, 0.25) is 5.02 Å². The number of carbonyl (C=O) groups is 2. The van der Waals surface area contributed by atoms with E-state index in [1.54, 1.807) is 26.0 Å². The number of nitrogens with one attached hydrogen (secondary N) is 1. The van der Waals surface area contributed by atoms with Crippen molar-refractivity contribution in [2.45, 2.75) is 52.1 Å². The first kappa shape index (κ1) is 29.2. The van der Waals surface area contributed by atoms with Gasteiger partial charge in [-0.15, -0.1) is 0 Å². The summed E-state index contributed by atoms with van der Waals surface area (Å²) in [6.07, 6.45) is 0. The van der Waals surface area contributed by atoms with E-state index in [0.717, 1.165) is 26.6 Å². The number of aryl methyl sites for hydroxylation is 3. The summed E-state index contributed by atoms with van der Waals surface area (Å²) in [6.45, 7) is 9.31. The van der Waals surface area contributed by atoms with Gasteiger partial charge in [0.15, 0.2) is 0 Å². The summed E-state index contributed by atoms with van der Waals surface area (Å²) in [7, 11) is -4.14. The van der Waals surface area contributed by atoms with Crippen molar-refractivity contribution in [1.82, 2.24) is 10.2 Å². The van der Waals surface area contributed by atoms with Gasteiger partial charge in [-0.05, 0) is 87.7 Å². The summed E-state index contributed by atoms with van der Waals surface area (Å²) in [6, 6.07) is 17.9. The number of nitrogens with zero attached hydrogens (tertiary/aromatic N) is 2. The van der Waals surface area contributed by atoms with Gasteiger partial charge in [-0.25, -0.2) is 8.42 Å². The van der Waals surface area contributed by atoms with Gasteiger partial charge in [0.2, 0.25) is 11.8 Å². The van der Waals surface area contributed by atoms with E-state index < -0.39 is 28.5 Å². The highest BCUT2D eigenvalue weighted by atomic mass is 35.5. The molecule has 0 heterocycles. The minimum atomic E-state index is -4.14. The molecule has 202 valence electrons. The number of hydrogen-bond acceptors (Lipinski definition) is 4. The van der Waals surface area contributed by atoms with Crippen molar-refractivity contribution < 1.29 is 18.0 Å². The maximum Gasteiger partial charge on any atom is 0.264 e. The van der Waals surface area contributed by atoms with Gasteiger partial charge < -0.3 is 10.2 Å². The predicted molar refractivity (Wildman–Crippen MR) is 152 cm³/mol. The minimum Gasteiger partial charge on any atom is -0.355 e. The lowest BCUT2D eigenvalue weighted by atomic mass is 10.1. The molecule has 0 aliphatic rings. The van der Waals surface area contributed by atoms with Crippen LogP contribution >= 0.6 is 11.6 Å². The van der Waals surface area contributed by atoms with Gasteiger partial charge in [0.05, 0.1) is 10.6 Å². The highest BCUT2D eigenvalue weighted by Gasteiger charge is 2.32. The first-order valence-corrected chi connectivity index (χ1v) is 14.2. The number of rotatable bonds is 10. The van der Waals surface area contributed by atoms with Gasteiger partial charge >= 0.3 is 0 Å². The fraction of sp³-hybridized carbons (Fsp3) is 0.310. The third-order valence-corrected chi connectivity index (χ3v) is 8.49. The third-order valence-electron chi connectivity index (χ3n) is 6.45. The average molecular weight is 556 g/mol. The number of benzene rings is 3. The lowest BCUT2D eigenvalue weighted by Crippen LogP contribution is -2.51. The molecule has 3 rings (SSSR count). The van der Waals surface area contributed by atoms with Crippen LogP contribution in [0, 0.1) is 20.8 Å². The molecule has 1 atom stereocenters. The largest absolute Gasteiger partial charge is 0.355 e. The van der Waals surface area contributed by atoms with E-state index in [1.807, 2.05) is 51.1 Å². The fourth-order valence-corrected chi connectivity index (χ4v) is 5.47. The number of anilines is 1. The van der Waals surface area contributed by atoms with E-state index in [9.17, 15) is 18.0 Å². The lowest BCUT2D eigenvalue weighted by molar-refractivity contribution is -0.139. The topological polar surface area (TPSA) is 86.8 Å². The van der Waals surface area contributed by atoms with Crippen LogP contribution in [0.1, 0.15) is 36.1 Å². The van der Waals surface area contributed by atoms with E-state index in [4.69, 9.17) is 11.6 Å². The van der Waals surface area contributed by atoms with Gasteiger partial charge in [0.1, 0.15) is 12.6 Å². The molecule has 0 aliphatic carbocycles. The van der Waals surface area contributed by atoms with Crippen LogP contribution in [0.15, 0.2) is 71.6 Å².